The molecule has 0 aromatic heterocycles. The molecule has 1 aromatic carbocycles. The number of carbonyl (C=O) groups is 2. The first-order valence-electron chi connectivity index (χ1n) is 5.08. The zero-order chi connectivity index (χ0) is 16.4. The minimum absolute atomic E-state index is 0.256. The van der Waals surface area contributed by atoms with Crippen molar-refractivity contribution in [1.82, 2.24) is 0 Å². The van der Waals surface area contributed by atoms with E-state index >= 15 is 0 Å². The van der Waals surface area contributed by atoms with Crippen molar-refractivity contribution in [2.45, 2.75) is 0 Å². The fraction of sp³-hybridized carbons (Fsp3) is 0.200. The van der Waals surface area contributed by atoms with Crippen LogP contribution in [0.1, 0.15) is 10.4 Å². The highest BCUT2D eigenvalue weighted by molar-refractivity contribution is 8.42. The van der Waals surface area contributed by atoms with Crippen LogP contribution in [0.3, 0.4) is 0 Å². The lowest BCUT2D eigenvalue weighted by atomic mass is 10.2. The maximum absolute atomic E-state index is 12.0. The Morgan fingerprint density at radius 1 is 1.05 bits per heavy atom. The first kappa shape index (κ1) is 17.0. The molecule has 0 fully saturated rings. The molecule has 0 aliphatic carbocycles. The van der Waals surface area contributed by atoms with Crippen LogP contribution in [0.25, 0.3) is 0 Å². The van der Waals surface area contributed by atoms with Crippen LogP contribution in [-0.2, 0) is 14.3 Å². The van der Waals surface area contributed by atoms with E-state index in [1.807, 2.05) is 0 Å². The second-order valence-corrected chi connectivity index (χ2v) is 5.62. The topological polar surface area (TPSA) is 61.8 Å². The Kier molecular flexibility index (Phi) is 3.85. The lowest BCUT2D eigenvalue weighted by Crippen LogP contribution is -2.15. The fourth-order valence-corrected chi connectivity index (χ4v) is 1.57. The molecule has 1 rings (SSSR count). The van der Waals surface area contributed by atoms with Crippen molar-refractivity contribution in [2.75, 3.05) is 13.7 Å². The van der Waals surface area contributed by atoms with E-state index in [0.717, 1.165) is 19.2 Å². The van der Waals surface area contributed by atoms with E-state index in [-0.39, 0.29) is 5.56 Å². The summed E-state index contributed by atoms with van der Waals surface area (Å²) in [7, 11) is -9.00. The number of rotatable bonds is 5. The Morgan fingerprint density at radius 2 is 1.57 bits per heavy atom. The minimum Gasteiger partial charge on any atom is -0.466 e. The molecule has 0 aliphatic rings. The number of ether oxygens (including phenoxy) is 2. The molecule has 0 N–H and O–H groups in total. The third-order valence-electron chi connectivity index (χ3n) is 1.89. The lowest BCUT2D eigenvalue weighted by Gasteiger charge is -2.39. The smallest absolute Gasteiger partial charge is 0.435 e. The molecule has 0 amide bonds. The largest absolute Gasteiger partial charge is 0.466 e. The van der Waals surface area contributed by atoms with Gasteiger partial charge in [-0.05, 0) is 24.3 Å². The Bertz CT molecular complexity index is 553. The van der Waals surface area contributed by atoms with Gasteiger partial charge in [0.15, 0.2) is 6.61 Å². The molecule has 11 heteroatoms. The number of hydrogen-bond acceptors (Lipinski definition) is 5. The van der Waals surface area contributed by atoms with E-state index in [1.165, 1.54) is 0 Å². The standard InChI is InChI=1S/C10H9F5O5S/c1-18-9(16)6-19-10(17)7-2-4-8(5-3-7)20-21(11,12,13,14)15/h2-5H,6H2,1H3. The van der Waals surface area contributed by atoms with Gasteiger partial charge in [0.25, 0.3) is 0 Å². The number of benzene rings is 1. The molecule has 0 saturated carbocycles. The van der Waals surface area contributed by atoms with Gasteiger partial charge in [0.2, 0.25) is 0 Å². The fourth-order valence-electron chi connectivity index (χ4n) is 1.10. The molecule has 1 aromatic rings. The second-order valence-electron chi connectivity index (χ2n) is 3.66. The van der Waals surface area contributed by atoms with Gasteiger partial charge in [-0.25, -0.2) is 9.59 Å². The molecule has 0 radical (unpaired) electrons. The zero-order valence-corrected chi connectivity index (χ0v) is 11.2. The van der Waals surface area contributed by atoms with Gasteiger partial charge in [-0.15, -0.1) is 0 Å². The number of halogens is 5. The third kappa shape index (κ3) is 6.79. The van der Waals surface area contributed by atoms with Crippen molar-refractivity contribution < 1.29 is 42.7 Å². The molecule has 0 aliphatic heterocycles. The number of methoxy groups -OCH3 is 1. The van der Waals surface area contributed by atoms with Crippen LogP contribution < -0.4 is 4.18 Å². The van der Waals surface area contributed by atoms with Gasteiger partial charge in [-0.1, -0.05) is 19.4 Å². The zero-order valence-electron chi connectivity index (χ0n) is 10.4. The Morgan fingerprint density at radius 3 is 2.00 bits per heavy atom. The molecule has 0 spiro atoms. The van der Waals surface area contributed by atoms with Gasteiger partial charge in [-0.3, -0.25) is 0 Å². The summed E-state index contributed by atoms with van der Waals surface area (Å²) in [6, 6.07) is 2.59. The molecule has 21 heavy (non-hydrogen) atoms. The highest BCUT2D eigenvalue weighted by Gasteiger charge is 2.67. The SMILES string of the molecule is COC(=O)COC(=O)c1ccc(OS(F)(F)(F)(F)F)cc1. The van der Waals surface area contributed by atoms with Gasteiger partial charge < -0.3 is 13.7 Å². The average molecular weight is 336 g/mol. The summed E-state index contributed by atoms with van der Waals surface area (Å²) in [5.41, 5.74) is -0.256. The molecule has 120 valence electrons. The predicted octanol–water partition coefficient (Wildman–Crippen LogP) is 3.61. The summed E-state index contributed by atoms with van der Waals surface area (Å²) in [5, 5.41) is 0. The van der Waals surface area contributed by atoms with Crippen LogP contribution in [0.2, 0.25) is 0 Å². The van der Waals surface area contributed by atoms with E-state index in [9.17, 15) is 29.0 Å². The number of carbonyl (C=O) groups excluding carboxylic acids is 2. The normalized spacial score (nSPS) is 14.6. The molecule has 0 bridgehead atoms. The van der Waals surface area contributed by atoms with Gasteiger partial charge in [0.1, 0.15) is 5.75 Å². The van der Waals surface area contributed by atoms with Gasteiger partial charge in [0, 0.05) is 0 Å². The molecule has 0 unspecified atom stereocenters. The predicted molar refractivity (Wildman–Crippen MR) is 62.5 cm³/mol. The minimum atomic E-state index is -10.1. The number of hydrogen-bond donors (Lipinski definition) is 0. The Balaban J connectivity index is 2.75. The van der Waals surface area contributed by atoms with Crippen molar-refractivity contribution >= 4 is 22.4 Å². The molecule has 0 atom stereocenters. The van der Waals surface area contributed by atoms with Gasteiger partial charge in [-0.2, -0.15) is 0 Å². The quantitative estimate of drug-likeness (QED) is 0.607. The first-order valence-corrected chi connectivity index (χ1v) is 6.96. The molecular formula is C10H9F5O5S. The second kappa shape index (κ2) is 4.76. The van der Waals surface area contributed by atoms with Crippen molar-refractivity contribution in [1.29, 1.82) is 0 Å². The van der Waals surface area contributed by atoms with Crippen molar-refractivity contribution in [3.05, 3.63) is 29.8 Å². The van der Waals surface area contributed by atoms with Crippen molar-refractivity contribution in [3.63, 3.8) is 0 Å². The van der Waals surface area contributed by atoms with E-state index in [4.69, 9.17) is 0 Å². The third-order valence-corrected chi connectivity index (χ3v) is 2.40. The summed E-state index contributed by atoms with van der Waals surface area (Å²) in [6.07, 6.45) is 0. The van der Waals surface area contributed by atoms with E-state index in [2.05, 4.69) is 13.7 Å². The Labute approximate surface area is 115 Å². The van der Waals surface area contributed by atoms with Crippen molar-refractivity contribution in [2.24, 2.45) is 0 Å². The lowest BCUT2D eigenvalue weighted by molar-refractivity contribution is -0.144. The van der Waals surface area contributed by atoms with Crippen LogP contribution in [0.4, 0.5) is 19.4 Å². The molecule has 0 heterocycles. The van der Waals surface area contributed by atoms with Crippen LogP contribution in [0.5, 0.6) is 5.75 Å². The average Bonchev–Trinajstić information content (AvgIpc) is 2.32. The van der Waals surface area contributed by atoms with E-state index < -0.39 is 34.8 Å². The van der Waals surface area contributed by atoms with E-state index in [0.29, 0.717) is 12.1 Å². The van der Waals surface area contributed by atoms with Crippen LogP contribution in [0, 0.1) is 0 Å². The van der Waals surface area contributed by atoms with Crippen LogP contribution >= 0.6 is 10.5 Å². The summed E-state index contributed by atoms with van der Waals surface area (Å²) < 4.78 is 71.6. The Hall–Kier alpha value is -2.04. The number of esters is 2. The highest BCUT2D eigenvalue weighted by Crippen LogP contribution is 2.97. The summed E-state index contributed by atoms with van der Waals surface area (Å²) in [6.45, 7) is -0.695. The summed E-state index contributed by atoms with van der Waals surface area (Å²) in [4.78, 5) is 22.1. The maximum Gasteiger partial charge on any atom is 0.435 e. The summed E-state index contributed by atoms with van der Waals surface area (Å²) in [5.74, 6) is -3.07. The molecule has 0 saturated heterocycles. The van der Waals surface area contributed by atoms with Crippen LogP contribution in [0.15, 0.2) is 24.3 Å². The molecular weight excluding hydrogens is 327 g/mol. The van der Waals surface area contributed by atoms with E-state index in [1.54, 1.807) is 0 Å². The van der Waals surface area contributed by atoms with Gasteiger partial charge in [0.05, 0.1) is 12.7 Å². The molecule has 5 nitrogen and oxygen atoms in total. The maximum atomic E-state index is 12.0. The first-order chi connectivity index (χ1) is 9.29. The monoisotopic (exact) mass is 336 g/mol. The van der Waals surface area contributed by atoms with Crippen LogP contribution in [-0.4, -0.2) is 25.7 Å². The van der Waals surface area contributed by atoms with Gasteiger partial charge >= 0.3 is 22.4 Å². The highest BCUT2D eigenvalue weighted by atomic mass is 32.5. The summed E-state index contributed by atoms with van der Waals surface area (Å²) >= 11 is 0. The van der Waals surface area contributed by atoms with Crippen molar-refractivity contribution in [3.8, 4) is 5.75 Å².